The number of hydrogen-bond acceptors (Lipinski definition) is 3. The van der Waals surface area contributed by atoms with E-state index in [1.807, 2.05) is 23.1 Å². The number of carbonyl (C=O) groups excluding carboxylic acids is 2. The Morgan fingerprint density at radius 1 is 1.12 bits per heavy atom. The van der Waals surface area contributed by atoms with E-state index >= 15 is 0 Å². The van der Waals surface area contributed by atoms with E-state index in [9.17, 15) is 9.59 Å². The molecule has 2 aliphatic rings. The molecule has 1 heterocycles. The van der Waals surface area contributed by atoms with Crippen molar-refractivity contribution < 1.29 is 9.59 Å². The van der Waals surface area contributed by atoms with E-state index in [-0.39, 0.29) is 23.8 Å². The van der Waals surface area contributed by atoms with E-state index in [2.05, 4.69) is 22.3 Å². The van der Waals surface area contributed by atoms with Crippen LogP contribution in [0.3, 0.4) is 0 Å². The fourth-order valence-corrected chi connectivity index (χ4v) is 4.05. The molecule has 25 heavy (non-hydrogen) atoms. The predicted molar refractivity (Wildman–Crippen MR) is 98.1 cm³/mol. The van der Waals surface area contributed by atoms with Gasteiger partial charge in [-0.15, -0.1) is 0 Å². The van der Waals surface area contributed by atoms with Gasteiger partial charge in [0.2, 0.25) is 11.8 Å². The fourth-order valence-electron chi connectivity index (χ4n) is 4.05. The predicted octanol–water partition coefficient (Wildman–Crippen LogP) is 1.68. The molecule has 2 amide bonds. The first kappa shape index (κ1) is 17.9. The second kappa shape index (κ2) is 8.48. The molecular weight excluding hydrogens is 314 g/mol. The molecule has 1 saturated carbocycles. The number of rotatable bonds is 5. The highest BCUT2D eigenvalue weighted by molar-refractivity contribution is 5.84. The largest absolute Gasteiger partial charge is 0.358 e. The smallest absolute Gasteiger partial charge is 0.238 e. The lowest BCUT2D eigenvalue weighted by atomic mass is 10.0. The fraction of sp³-hybridized carbons (Fsp3) is 0.600. The molecule has 1 aromatic carbocycles. The maximum atomic E-state index is 12.7. The zero-order valence-corrected chi connectivity index (χ0v) is 15.1. The molecule has 2 fully saturated rings. The minimum absolute atomic E-state index is 0.0111. The first-order valence-corrected chi connectivity index (χ1v) is 9.47. The average Bonchev–Trinajstić information content (AvgIpc) is 3.20. The van der Waals surface area contributed by atoms with Crippen LogP contribution in [0.15, 0.2) is 30.3 Å². The number of nitrogens with zero attached hydrogens (tertiary/aromatic N) is 2. The maximum Gasteiger partial charge on any atom is 0.238 e. The molecule has 0 radical (unpaired) electrons. The minimum atomic E-state index is -0.243. The second-order valence-electron chi connectivity index (χ2n) is 7.17. The van der Waals surface area contributed by atoms with Crippen molar-refractivity contribution in [3.05, 3.63) is 35.9 Å². The molecule has 1 aromatic rings. The normalized spacial score (nSPS) is 22.1. The lowest BCUT2D eigenvalue weighted by Crippen LogP contribution is -2.60. The van der Waals surface area contributed by atoms with Crippen molar-refractivity contribution in [3.8, 4) is 0 Å². The van der Waals surface area contributed by atoms with Crippen LogP contribution in [0.4, 0.5) is 0 Å². The van der Waals surface area contributed by atoms with Crippen LogP contribution < -0.4 is 5.32 Å². The summed E-state index contributed by atoms with van der Waals surface area (Å²) in [6.07, 6.45) is 5.26. The van der Waals surface area contributed by atoms with Crippen LogP contribution in [0.2, 0.25) is 0 Å². The topological polar surface area (TPSA) is 52.7 Å². The molecule has 3 rings (SSSR count). The maximum absolute atomic E-state index is 12.7. The quantitative estimate of drug-likeness (QED) is 0.885. The zero-order valence-electron chi connectivity index (χ0n) is 15.1. The molecule has 5 heteroatoms. The summed E-state index contributed by atoms with van der Waals surface area (Å²) in [5, 5.41) is 2.77. The molecule has 1 N–H and O–H groups in total. The average molecular weight is 343 g/mol. The third kappa shape index (κ3) is 4.40. The Labute approximate surface area is 150 Å². The zero-order chi connectivity index (χ0) is 17.6. The monoisotopic (exact) mass is 343 g/mol. The van der Waals surface area contributed by atoms with Gasteiger partial charge in [-0.3, -0.25) is 14.5 Å². The minimum Gasteiger partial charge on any atom is -0.358 e. The Morgan fingerprint density at radius 3 is 2.52 bits per heavy atom. The summed E-state index contributed by atoms with van der Waals surface area (Å²) in [5.74, 6) is 0.451. The summed E-state index contributed by atoms with van der Waals surface area (Å²) in [5.41, 5.74) is 1.28. The SMILES string of the molecule is CNC(=O)[C@@H]1CN(C(=O)C2CCCC2)CCN1CCc1ccccc1. The molecule has 1 saturated heterocycles. The summed E-state index contributed by atoms with van der Waals surface area (Å²) in [6, 6.07) is 10.1. The van der Waals surface area contributed by atoms with Crippen LogP contribution in [0.5, 0.6) is 0 Å². The van der Waals surface area contributed by atoms with E-state index in [0.717, 1.165) is 51.7 Å². The Morgan fingerprint density at radius 2 is 1.84 bits per heavy atom. The molecular formula is C20H29N3O2. The molecule has 136 valence electrons. The molecule has 1 atom stereocenters. The molecule has 0 bridgehead atoms. The molecule has 1 aliphatic carbocycles. The van der Waals surface area contributed by atoms with Crippen LogP contribution >= 0.6 is 0 Å². The Balaban J connectivity index is 1.62. The summed E-state index contributed by atoms with van der Waals surface area (Å²) in [6.45, 7) is 2.86. The number of amides is 2. The van der Waals surface area contributed by atoms with Crippen molar-refractivity contribution in [3.63, 3.8) is 0 Å². The number of piperazine rings is 1. The summed E-state index contributed by atoms with van der Waals surface area (Å²) < 4.78 is 0. The van der Waals surface area contributed by atoms with Gasteiger partial charge in [0, 0.05) is 39.1 Å². The highest BCUT2D eigenvalue weighted by Crippen LogP contribution is 2.27. The van der Waals surface area contributed by atoms with Gasteiger partial charge in [0.05, 0.1) is 0 Å². The number of nitrogens with one attached hydrogen (secondary N) is 1. The standard InChI is InChI=1S/C20H29N3O2/c1-21-19(24)18-15-23(20(25)17-9-5-6-10-17)14-13-22(18)12-11-16-7-3-2-4-8-16/h2-4,7-8,17-18H,5-6,9-15H2,1H3,(H,21,24)/t18-/m0/s1. The van der Waals surface area contributed by atoms with Crippen molar-refractivity contribution in [1.29, 1.82) is 0 Å². The van der Waals surface area contributed by atoms with Crippen LogP contribution in [0.1, 0.15) is 31.2 Å². The molecule has 0 spiro atoms. The number of carbonyl (C=O) groups is 2. The molecule has 0 unspecified atom stereocenters. The number of likely N-dealkylation sites (N-methyl/N-ethyl adjacent to an activating group) is 1. The van der Waals surface area contributed by atoms with Crippen molar-refractivity contribution in [2.24, 2.45) is 5.92 Å². The van der Waals surface area contributed by atoms with Gasteiger partial charge in [0.15, 0.2) is 0 Å². The van der Waals surface area contributed by atoms with Crippen LogP contribution in [-0.2, 0) is 16.0 Å². The van der Waals surface area contributed by atoms with Crippen LogP contribution in [-0.4, -0.2) is 60.9 Å². The van der Waals surface area contributed by atoms with Gasteiger partial charge in [0.25, 0.3) is 0 Å². The van der Waals surface area contributed by atoms with E-state index in [1.165, 1.54) is 5.56 Å². The summed E-state index contributed by atoms with van der Waals surface area (Å²) in [4.78, 5) is 29.3. The van der Waals surface area contributed by atoms with E-state index in [0.29, 0.717) is 6.54 Å². The molecule has 0 aromatic heterocycles. The van der Waals surface area contributed by atoms with E-state index < -0.39 is 0 Å². The Kier molecular flexibility index (Phi) is 6.08. The summed E-state index contributed by atoms with van der Waals surface area (Å²) in [7, 11) is 1.68. The molecule has 5 nitrogen and oxygen atoms in total. The second-order valence-corrected chi connectivity index (χ2v) is 7.17. The lowest BCUT2D eigenvalue weighted by Gasteiger charge is -2.41. The van der Waals surface area contributed by atoms with Crippen molar-refractivity contribution in [1.82, 2.24) is 15.1 Å². The first-order chi connectivity index (χ1) is 12.2. The Hall–Kier alpha value is -1.88. The van der Waals surface area contributed by atoms with Gasteiger partial charge in [-0.2, -0.15) is 0 Å². The van der Waals surface area contributed by atoms with Gasteiger partial charge in [-0.05, 0) is 24.8 Å². The van der Waals surface area contributed by atoms with Gasteiger partial charge in [0.1, 0.15) is 6.04 Å². The van der Waals surface area contributed by atoms with E-state index in [1.54, 1.807) is 7.05 Å². The van der Waals surface area contributed by atoms with Crippen molar-refractivity contribution in [2.45, 2.75) is 38.1 Å². The first-order valence-electron chi connectivity index (χ1n) is 9.47. The highest BCUT2D eigenvalue weighted by atomic mass is 16.2. The highest BCUT2D eigenvalue weighted by Gasteiger charge is 2.36. The number of hydrogen-bond donors (Lipinski definition) is 1. The van der Waals surface area contributed by atoms with Gasteiger partial charge in [-0.1, -0.05) is 43.2 Å². The van der Waals surface area contributed by atoms with Gasteiger partial charge >= 0.3 is 0 Å². The third-order valence-electron chi connectivity index (χ3n) is 5.59. The third-order valence-corrected chi connectivity index (χ3v) is 5.59. The van der Waals surface area contributed by atoms with Crippen molar-refractivity contribution >= 4 is 11.8 Å². The van der Waals surface area contributed by atoms with Crippen LogP contribution in [0.25, 0.3) is 0 Å². The summed E-state index contributed by atoms with van der Waals surface area (Å²) >= 11 is 0. The Bertz CT molecular complexity index is 584. The molecule has 1 aliphatic heterocycles. The van der Waals surface area contributed by atoms with Crippen molar-refractivity contribution in [2.75, 3.05) is 33.2 Å². The lowest BCUT2D eigenvalue weighted by molar-refractivity contribution is -0.141. The van der Waals surface area contributed by atoms with E-state index in [4.69, 9.17) is 0 Å². The van der Waals surface area contributed by atoms with Gasteiger partial charge < -0.3 is 10.2 Å². The van der Waals surface area contributed by atoms with Gasteiger partial charge in [-0.25, -0.2) is 0 Å². The van der Waals surface area contributed by atoms with Crippen LogP contribution in [0, 0.1) is 5.92 Å². The number of benzene rings is 1.